The summed E-state index contributed by atoms with van der Waals surface area (Å²) in [6.45, 7) is 7.44. The molecule has 0 atom stereocenters. The average Bonchev–Trinajstić information content (AvgIpc) is 1.89. The molecule has 12 heavy (non-hydrogen) atoms. The van der Waals surface area contributed by atoms with Crippen LogP contribution in [0.15, 0.2) is 0 Å². The van der Waals surface area contributed by atoms with E-state index in [2.05, 4.69) is 0 Å². The molecule has 0 aliphatic heterocycles. The van der Waals surface area contributed by atoms with Gasteiger partial charge in [0.15, 0.2) is 0 Å². The van der Waals surface area contributed by atoms with Crippen LogP contribution < -0.4 is 0 Å². The molecule has 0 fully saturated rings. The van der Waals surface area contributed by atoms with Crippen molar-refractivity contribution < 1.29 is 0 Å². The molecule has 0 saturated carbocycles. The second-order valence-electron chi connectivity index (χ2n) is 2.57. The first-order valence-corrected chi connectivity index (χ1v) is 3.33. The van der Waals surface area contributed by atoms with Crippen molar-refractivity contribution in [2.24, 2.45) is 11.8 Å². The maximum Gasteiger partial charge on any atom is 0.0649 e. The van der Waals surface area contributed by atoms with E-state index in [1.165, 1.54) is 0 Å². The molecule has 0 aromatic carbocycles. The van der Waals surface area contributed by atoms with E-state index < -0.39 is 0 Å². The highest BCUT2D eigenvalue weighted by molar-refractivity contribution is 5.85. The Bertz CT molecular complexity index is 124. The summed E-state index contributed by atoms with van der Waals surface area (Å²) < 4.78 is 0. The van der Waals surface area contributed by atoms with Gasteiger partial charge in [-0.05, 0) is 27.7 Å². The Morgan fingerprint density at radius 3 is 0.833 bits per heavy atom. The van der Waals surface area contributed by atoms with Gasteiger partial charge in [-0.25, -0.2) is 0 Å². The Labute approximate surface area is 87.4 Å². The van der Waals surface area contributed by atoms with Gasteiger partial charge in [-0.2, -0.15) is 10.5 Å². The fraction of sp³-hybridized carbons (Fsp3) is 0.750. The Hall–Kier alpha value is -0.440. The lowest BCUT2D eigenvalue weighted by Crippen LogP contribution is -1.72. The monoisotopic (exact) mass is 210 g/mol. The first-order valence-electron chi connectivity index (χ1n) is 3.33. The molecule has 0 rings (SSSR count). The highest BCUT2D eigenvalue weighted by Crippen LogP contribution is 1.82. The zero-order valence-corrected chi connectivity index (χ0v) is 9.50. The van der Waals surface area contributed by atoms with Crippen LogP contribution in [-0.2, 0) is 0 Å². The third-order valence-electron chi connectivity index (χ3n) is 0.516. The second kappa shape index (κ2) is 16.9. The topological polar surface area (TPSA) is 47.6 Å². The molecule has 0 bridgehead atoms. The molecule has 0 saturated heterocycles. The van der Waals surface area contributed by atoms with Crippen LogP contribution >= 0.6 is 24.8 Å². The molecule has 4 heteroatoms. The number of hydrogen-bond acceptors (Lipinski definition) is 2. The van der Waals surface area contributed by atoms with Crippen LogP contribution in [0.2, 0.25) is 0 Å². The molecular weight excluding hydrogens is 195 g/mol. The van der Waals surface area contributed by atoms with E-state index in [9.17, 15) is 0 Å². The number of nitriles is 2. The van der Waals surface area contributed by atoms with Gasteiger partial charge in [0.05, 0.1) is 12.1 Å². The standard InChI is InChI=1S/2C4H7N.2ClH/c2*1-4(2)3-5;;/h2*4H,1-2H3;2*1H. The summed E-state index contributed by atoms with van der Waals surface area (Å²) in [6.07, 6.45) is 0. The summed E-state index contributed by atoms with van der Waals surface area (Å²) >= 11 is 0. The van der Waals surface area contributed by atoms with Gasteiger partial charge < -0.3 is 0 Å². The van der Waals surface area contributed by atoms with Crippen LogP contribution in [0.4, 0.5) is 0 Å². The molecule has 0 amide bonds. The highest BCUT2D eigenvalue weighted by atomic mass is 35.5. The normalized spacial score (nSPS) is 6.33. The van der Waals surface area contributed by atoms with Gasteiger partial charge in [0.2, 0.25) is 0 Å². The van der Waals surface area contributed by atoms with Gasteiger partial charge in [-0.1, -0.05) is 0 Å². The van der Waals surface area contributed by atoms with Gasteiger partial charge in [-0.15, -0.1) is 24.8 Å². The summed E-state index contributed by atoms with van der Waals surface area (Å²) in [5.74, 6) is 0.380. The molecule has 0 aromatic heterocycles. The molecular formula is C8H16Cl2N2. The second-order valence-corrected chi connectivity index (χ2v) is 2.57. The summed E-state index contributed by atoms with van der Waals surface area (Å²) in [6, 6.07) is 4.06. The lowest BCUT2D eigenvalue weighted by Gasteiger charge is -1.75. The van der Waals surface area contributed by atoms with Gasteiger partial charge in [0, 0.05) is 11.8 Å². The van der Waals surface area contributed by atoms with Crippen LogP contribution in [0, 0.1) is 34.5 Å². The Balaban J connectivity index is -0.0000000457. The van der Waals surface area contributed by atoms with Crippen molar-refractivity contribution in [1.29, 1.82) is 10.5 Å². The van der Waals surface area contributed by atoms with E-state index >= 15 is 0 Å². The van der Waals surface area contributed by atoms with Gasteiger partial charge in [-0.3, -0.25) is 0 Å². The van der Waals surface area contributed by atoms with E-state index in [0.717, 1.165) is 0 Å². The molecule has 0 spiro atoms. The Morgan fingerprint density at radius 1 is 0.750 bits per heavy atom. The number of rotatable bonds is 0. The Kier molecular flexibility index (Phi) is 31.7. The molecule has 2 nitrogen and oxygen atoms in total. The van der Waals surface area contributed by atoms with Crippen molar-refractivity contribution in [3.63, 3.8) is 0 Å². The van der Waals surface area contributed by atoms with Crippen LogP contribution in [0.3, 0.4) is 0 Å². The largest absolute Gasteiger partial charge is 0.198 e. The fourth-order valence-electron chi connectivity index (χ4n) is 0. The number of hydrogen-bond donors (Lipinski definition) is 0. The molecule has 0 unspecified atom stereocenters. The predicted octanol–water partition coefficient (Wildman–Crippen LogP) is 3.18. The molecule has 0 aliphatic rings. The van der Waals surface area contributed by atoms with Crippen molar-refractivity contribution in [2.45, 2.75) is 27.7 Å². The third-order valence-corrected chi connectivity index (χ3v) is 0.516. The van der Waals surface area contributed by atoms with Crippen molar-refractivity contribution in [3.05, 3.63) is 0 Å². The SMILES string of the molecule is CC(C)C#N.CC(C)C#N.Cl.Cl. The first kappa shape index (κ1) is 22.6. The molecule has 0 N–H and O–H groups in total. The van der Waals surface area contributed by atoms with E-state index in [0.29, 0.717) is 0 Å². The molecule has 0 aliphatic carbocycles. The lowest BCUT2D eigenvalue weighted by atomic mass is 10.3. The van der Waals surface area contributed by atoms with Crippen LogP contribution in [-0.4, -0.2) is 0 Å². The lowest BCUT2D eigenvalue weighted by molar-refractivity contribution is 0.849. The minimum Gasteiger partial charge on any atom is -0.198 e. The van der Waals surface area contributed by atoms with Crippen molar-refractivity contribution in [1.82, 2.24) is 0 Å². The van der Waals surface area contributed by atoms with E-state index in [1.54, 1.807) is 0 Å². The minimum absolute atomic E-state index is 0. The Morgan fingerprint density at radius 2 is 0.833 bits per heavy atom. The van der Waals surface area contributed by atoms with Crippen molar-refractivity contribution >= 4 is 24.8 Å². The minimum atomic E-state index is 0. The van der Waals surface area contributed by atoms with Crippen LogP contribution in [0.1, 0.15) is 27.7 Å². The van der Waals surface area contributed by atoms with Gasteiger partial charge in [0.25, 0.3) is 0 Å². The molecule has 0 heterocycles. The quantitative estimate of drug-likeness (QED) is 0.617. The van der Waals surface area contributed by atoms with E-state index in [4.69, 9.17) is 10.5 Å². The predicted molar refractivity (Wildman–Crippen MR) is 55.4 cm³/mol. The van der Waals surface area contributed by atoms with Crippen LogP contribution in [0.5, 0.6) is 0 Å². The summed E-state index contributed by atoms with van der Waals surface area (Å²) in [4.78, 5) is 0. The zero-order valence-electron chi connectivity index (χ0n) is 7.87. The van der Waals surface area contributed by atoms with E-state index in [-0.39, 0.29) is 36.6 Å². The third kappa shape index (κ3) is 55.3. The maximum atomic E-state index is 7.89. The molecule has 0 aromatic rings. The molecule has 72 valence electrons. The highest BCUT2D eigenvalue weighted by Gasteiger charge is 1.79. The zero-order chi connectivity index (χ0) is 8.57. The smallest absolute Gasteiger partial charge is 0.0649 e. The molecule has 0 radical (unpaired) electrons. The number of nitrogens with zero attached hydrogens (tertiary/aromatic N) is 2. The number of halogens is 2. The summed E-state index contributed by atoms with van der Waals surface area (Å²) in [5.41, 5.74) is 0. The van der Waals surface area contributed by atoms with Crippen LogP contribution in [0.25, 0.3) is 0 Å². The maximum absolute atomic E-state index is 7.89. The van der Waals surface area contributed by atoms with Crippen molar-refractivity contribution in [3.8, 4) is 12.1 Å². The summed E-state index contributed by atoms with van der Waals surface area (Å²) in [5, 5.41) is 15.8. The fourth-order valence-corrected chi connectivity index (χ4v) is 0. The average molecular weight is 211 g/mol. The summed E-state index contributed by atoms with van der Waals surface area (Å²) in [7, 11) is 0. The van der Waals surface area contributed by atoms with Gasteiger partial charge >= 0.3 is 0 Å². The van der Waals surface area contributed by atoms with Gasteiger partial charge in [0.1, 0.15) is 0 Å². The van der Waals surface area contributed by atoms with Crippen molar-refractivity contribution in [2.75, 3.05) is 0 Å². The first-order chi connectivity index (χ1) is 4.54. The van der Waals surface area contributed by atoms with E-state index in [1.807, 2.05) is 39.8 Å².